The van der Waals surface area contributed by atoms with Gasteiger partial charge in [-0.25, -0.2) is 15.0 Å². The molecule has 0 bridgehead atoms. The number of aromatic amines is 1. The van der Waals surface area contributed by atoms with Gasteiger partial charge in [0.2, 0.25) is 0 Å². The van der Waals surface area contributed by atoms with Crippen molar-refractivity contribution in [3.05, 3.63) is 54.4 Å². The van der Waals surface area contributed by atoms with Gasteiger partial charge in [-0.2, -0.15) is 5.10 Å². The van der Waals surface area contributed by atoms with Gasteiger partial charge in [-0.15, -0.1) is 0 Å². The van der Waals surface area contributed by atoms with E-state index in [2.05, 4.69) is 56.2 Å². The van der Waals surface area contributed by atoms with E-state index >= 15 is 0 Å². The predicted octanol–water partition coefficient (Wildman–Crippen LogP) is 3.42. The monoisotopic (exact) mass is 348 g/mol. The van der Waals surface area contributed by atoms with Crippen molar-refractivity contribution < 1.29 is 0 Å². The average Bonchev–Trinajstić information content (AvgIpc) is 3.29. The van der Waals surface area contributed by atoms with E-state index < -0.39 is 0 Å². The molecule has 8 heteroatoms. The first-order chi connectivity index (χ1) is 12.6. The Morgan fingerprint density at radius 3 is 2.73 bits per heavy atom. The molecule has 26 heavy (non-hydrogen) atoms. The molecule has 0 saturated heterocycles. The van der Waals surface area contributed by atoms with Crippen LogP contribution in [0.1, 0.15) is 44.0 Å². The minimum absolute atomic E-state index is 0.0520. The van der Waals surface area contributed by atoms with Crippen LogP contribution in [-0.4, -0.2) is 34.7 Å². The summed E-state index contributed by atoms with van der Waals surface area (Å²) in [6, 6.07) is 5.99. The number of imidazole rings is 1. The Balaban J connectivity index is 1.66. The Labute approximate surface area is 150 Å². The Kier molecular flexibility index (Phi) is 4.08. The summed E-state index contributed by atoms with van der Waals surface area (Å²) >= 11 is 0. The van der Waals surface area contributed by atoms with E-state index in [1.165, 1.54) is 0 Å². The van der Waals surface area contributed by atoms with Gasteiger partial charge in [0.1, 0.15) is 0 Å². The summed E-state index contributed by atoms with van der Waals surface area (Å²) in [5.41, 5.74) is 3.47. The number of aromatic nitrogens is 7. The number of nitrogens with one attached hydrogen (secondary N) is 2. The topological polar surface area (TPSA) is 97.2 Å². The van der Waals surface area contributed by atoms with E-state index in [1.807, 2.05) is 29.0 Å². The predicted molar refractivity (Wildman–Crippen MR) is 99.3 cm³/mol. The molecule has 8 nitrogen and oxygen atoms in total. The second-order valence-electron chi connectivity index (χ2n) is 6.50. The van der Waals surface area contributed by atoms with Crippen molar-refractivity contribution in [2.24, 2.45) is 0 Å². The summed E-state index contributed by atoms with van der Waals surface area (Å²) in [6.07, 6.45) is 7.04. The molecule has 4 aromatic rings. The minimum Gasteiger partial charge on any atom is -0.322 e. The zero-order chi connectivity index (χ0) is 18.1. The van der Waals surface area contributed by atoms with Crippen molar-refractivity contribution in [1.82, 2.24) is 34.7 Å². The van der Waals surface area contributed by atoms with E-state index in [0.29, 0.717) is 28.8 Å². The van der Waals surface area contributed by atoms with Gasteiger partial charge in [0.15, 0.2) is 22.9 Å². The molecule has 0 amide bonds. The number of hydrogen-bond donors (Lipinski definition) is 2. The van der Waals surface area contributed by atoms with Crippen LogP contribution in [0.3, 0.4) is 0 Å². The molecule has 4 heterocycles. The molecule has 0 radical (unpaired) electrons. The van der Waals surface area contributed by atoms with Crippen molar-refractivity contribution >= 4 is 22.9 Å². The lowest BCUT2D eigenvalue weighted by atomic mass is 10.1. The van der Waals surface area contributed by atoms with E-state index in [1.54, 1.807) is 18.7 Å². The molecular weight excluding hydrogens is 328 g/mol. The fourth-order valence-electron chi connectivity index (χ4n) is 2.76. The van der Waals surface area contributed by atoms with E-state index in [-0.39, 0.29) is 6.04 Å². The molecule has 4 rings (SSSR count). The molecule has 0 fully saturated rings. The Bertz CT molecular complexity index is 1020. The second kappa shape index (κ2) is 6.55. The van der Waals surface area contributed by atoms with Crippen molar-refractivity contribution in [3.63, 3.8) is 0 Å². The molecule has 0 aliphatic carbocycles. The number of H-pyrrole nitrogens is 1. The van der Waals surface area contributed by atoms with Crippen LogP contribution in [0.2, 0.25) is 0 Å². The van der Waals surface area contributed by atoms with Crippen molar-refractivity contribution in [2.45, 2.75) is 32.7 Å². The molecule has 132 valence electrons. The molecular formula is C18H20N8. The van der Waals surface area contributed by atoms with E-state index in [0.717, 1.165) is 11.3 Å². The van der Waals surface area contributed by atoms with Gasteiger partial charge in [-0.3, -0.25) is 10.1 Å². The van der Waals surface area contributed by atoms with Crippen LogP contribution < -0.4 is 5.32 Å². The van der Waals surface area contributed by atoms with Gasteiger partial charge in [0.05, 0.1) is 18.6 Å². The van der Waals surface area contributed by atoms with Gasteiger partial charge in [0, 0.05) is 24.2 Å². The largest absolute Gasteiger partial charge is 0.322 e. The molecule has 0 unspecified atom stereocenters. The van der Waals surface area contributed by atoms with Gasteiger partial charge in [-0.05, 0) is 24.5 Å². The Hall–Kier alpha value is -3.29. The highest BCUT2D eigenvalue weighted by Crippen LogP contribution is 2.23. The van der Waals surface area contributed by atoms with Crippen LogP contribution >= 0.6 is 0 Å². The summed E-state index contributed by atoms with van der Waals surface area (Å²) in [5.74, 6) is 1.72. The van der Waals surface area contributed by atoms with Gasteiger partial charge >= 0.3 is 0 Å². The molecule has 0 aliphatic rings. The average molecular weight is 348 g/mol. The number of nitrogens with zero attached hydrogens (tertiary/aromatic N) is 6. The highest BCUT2D eigenvalue weighted by Gasteiger charge is 2.14. The lowest BCUT2D eigenvalue weighted by Crippen LogP contribution is -2.07. The normalized spacial score (nSPS) is 12.6. The van der Waals surface area contributed by atoms with Gasteiger partial charge < -0.3 is 9.88 Å². The third-order valence-corrected chi connectivity index (χ3v) is 4.34. The maximum Gasteiger partial charge on any atom is 0.197 e. The zero-order valence-electron chi connectivity index (χ0n) is 14.9. The van der Waals surface area contributed by atoms with Crippen molar-refractivity contribution in [3.8, 4) is 0 Å². The molecule has 0 saturated carbocycles. The Morgan fingerprint density at radius 2 is 2.00 bits per heavy atom. The van der Waals surface area contributed by atoms with Crippen LogP contribution in [0.4, 0.5) is 11.6 Å². The summed E-state index contributed by atoms with van der Waals surface area (Å²) in [6.45, 7) is 6.31. The standard InChI is InChI=1S/C18H20N8/c1-11(2)14-7-15(25-24-14)22-16-9-20-17-18(23-16)26(10-21-17)12(3)13-5-4-6-19-8-13/h4-12H,1-3H3,(H2,22,23,24,25)/t12-/m0/s1. The summed E-state index contributed by atoms with van der Waals surface area (Å²) in [4.78, 5) is 17.6. The number of pyridine rings is 1. The van der Waals surface area contributed by atoms with E-state index in [9.17, 15) is 0 Å². The molecule has 1 atom stereocenters. The van der Waals surface area contributed by atoms with Crippen molar-refractivity contribution in [2.75, 3.05) is 5.32 Å². The summed E-state index contributed by atoms with van der Waals surface area (Å²) in [5, 5.41) is 10.5. The van der Waals surface area contributed by atoms with E-state index in [4.69, 9.17) is 0 Å². The summed E-state index contributed by atoms with van der Waals surface area (Å²) in [7, 11) is 0. The van der Waals surface area contributed by atoms with Crippen LogP contribution in [-0.2, 0) is 0 Å². The first kappa shape index (κ1) is 16.2. The Morgan fingerprint density at radius 1 is 1.12 bits per heavy atom. The first-order valence-corrected chi connectivity index (χ1v) is 8.53. The van der Waals surface area contributed by atoms with Crippen LogP contribution in [0.15, 0.2) is 43.1 Å². The number of fused-ring (bicyclic) bond motifs is 1. The number of rotatable bonds is 5. The maximum absolute atomic E-state index is 4.68. The molecule has 0 aliphatic heterocycles. The fourth-order valence-corrected chi connectivity index (χ4v) is 2.76. The molecule has 4 aromatic heterocycles. The molecule has 0 spiro atoms. The molecule has 0 aromatic carbocycles. The highest BCUT2D eigenvalue weighted by molar-refractivity contribution is 5.69. The van der Waals surface area contributed by atoms with Crippen LogP contribution in [0.5, 0.6) is 0 Å². The van der Waals surface area contributed by atoms with Crippen LogP contribution in [0.25, 0.3) is 11.3 Å². The maximum atomic E-state index is 4.68. The van der Waals surface area contributed by atoms with Crippen LogP contribution in [0, 0.1) is 0 Å². The van der Waals surface area contributed by atoms with Gasteiger partial charge in [0.25, 0.3) is 0 Å². The molecule has 2 N–H and O–H groups in total. The lowest BCUT2D eigenvalue weighted by molar-refractivity contribution is 0.650. The zero-order valence-corrected chi connectivity index (χ0v) is 14.9. The third kappa shape index (κ3) is 3.01. The second-order valence-corrected chi connectivity index (χ2v) is 6.50. The SMILES string of the molecule is CC(C)c1cc(Nc2cnc3ncn([C@@H](C)c4cccnc4)c3n2)n[nH]1. The quantitative estimate of drug-likeness (QED) is 0.573. The number of hydrogen-bond acceptors (Lipinski definition) is 6. The minimum atomic E-state index is 0.0520. The smallest absolute Gasteiger partial charge is 0.197 e. The lowest BCUT2D eigenvalue weighted by Gasteiger charge is -2.13. The first-order valence-electron chi connectivity index (χ1n) is 8.53. The third-order valence-electron chi connectivity index (χ3n) is 4.34. The summed E-state index contributed by atoms with van der Waals surface area (Å²) < 4.78 is 1.99. The van der Waals surface area contributed by atoms with Gasteiger partial charge in [-0.1, -0.05) is 19.9 Å². The van der Waals surface area contributed by atoms with Crippen molar-refractivity contribution in [1.29, 1.82) is 0 Å². The number of anilines is 2. The highest BCUT2D eigenvalue weighted by atomic mass is 15.2. The fraction of sp³-hybridized carbons (Fsp3) is 0.278.